The molecule has 92 valence electrons. The molecule has 2 aliphatic rings. The smallest absolute Gasteiger partial charge is 0.0633 e. The highest BCUT2D eigenvalue weighted by Crippen LogP contribution is 2.27. The van der Waals surface area contributed by atoms with Crippen molar-refractivity contribution in [3.63, 3.8) is 0 Å². The number of nitrogens with two attached hydrogens (primary N) is 1. The van der Waals surface area contributed by atoms with E-state index in [1.807, 2.05) is 36.5 Å². The zero-order valence-corrected chi connectivity index (χ0v) is 10.7. The van der Waals surface area contributed by atoms with Crippen LogP contribution < -0.4 is 5.73 Å². The summed E-state index contributed by atoms with van der Waals surface area (Å²) in [6.07, 6.45) is 25.7. The lowest BCUT2D eigenvalue weighted by atomic mass is 9.83. The van der Waals surface area contributed by atoms with Crippen LogP contribution in [-0.4, -0.2) is 5.54 Å². The van der Waals surface area contributed by atoms with E-state index in [2.05, 4.69) is 43.4 Å². The van der Waals surface area contributed by atoms with E-state index in [4.69, 9.17) is 5.73 Å². The second-order valence-corrected chi connectivity index (χ2v) is 4.64. The first-order valence-corrected chi connectivity index (χ1v) is 6.26. The van der Waals surface area contributed by atoms with E-state index in [1.165, 1.54) is 0 Å². The van der Waals surface area contributed by atoms with Crippen molar-refractivity contribution in [1.29, 1.82) is 0 Å². The van der Waals surface area contributed by atoms with Gasteiger partial charge in [-0.25, -0.2) is 0 Å². The fourth-order valence-electron chi connectivity index (χ4n) is 2.04. The van der Waals surface area contributed by atoms with Gasteiger partial charge in [0.1, 0.15) is 0 Å². The lowest BCUT2D eigenvalue weighted by molar-refractivity contribution is 0.670. The van der Waals surface area contributed by atoms with Crippen molar-refractivity contribution in [2.45, 2.75) is 18.9 Å². The Morgan fingerprint density at radius 1 is 0.889 bits per heavy atom. The van der Waals surface area contributed by atoms with Crippen molar-refractivity contribution in [1.82, 2.24) is 0 Å². The molecule has 1 unspecified atom stereocenters. The Morgan fingerprint density at radius 2 is 1.56 bits per heavy atom. The summed E-state index contributed by atoms with van der Waals surface area (Å²) in [5.41, 5.74) is 8.33. The predicted octanol–water partition coefficient (Wildman–Crippen LogP) is 3.75. The maximum Gasteiger partial charge on any atom is 0.0633 e. The van der Waals surface area contributed by atoms with Crippen LogP contribution in [-0.2, 0) is 0 Å². The maximum atomic E-state index is 6.53. The third-order valence-electron chi connectivity index (χ3n) is 3.19. The van der Waals surface area contributed by atoms with Crippen LogP contribution in [0.15, 0.2) is 84.1 Å². The number of hydrogen-bond acceptors (Lipinski definition) is 1. The standard InChI is InChI=1S/C17H19N/c1-17(18,16-13-9-5-6-10-14-16)15-11-7-3-2-4-8-12-15/h2-9,11-14H,10,18H2,1H3. The van der Waals surface area contributed by atoms with E-state index in [-0.39, 0.29) is 0 Å². The van der Waals surface area contributed by atoms with Crippen molar-refractivity contribution in [3.05, 3.63) is 84.1 Å². The van der Waals surface area contributed by atoms with Crippen LogP contribution in [0.1, 0.15) is 13.3 Å². The van der Waals surface area contributed by atoms with E-state index in [1.54, 1.807) is 0 Å². The van der Waals surface area contributed by atoms with Gasteiger partial charge in [-0.15, -0.1) is 0 Å². The van der Waals surface area contributed by atoms with Gasteiger partial charge >= 0.3 is 0 Å². The van der Waals surface area contributed by atoms with Crippen LogP contribution in [0, 0.1) is 0 Å². The van der Waals surface area contributed by atoms with Gasteiger partial charge in [0, 0.05) is 0 Å². The largest absolute Gasteiger partial charge is 0.318 e. The van der Waals surface area contributed by atoms with E-state index in [9.17, 15) is 0 Å². The molecule has 0 saturated heterocycles. The van der Waals surface area contributed by atoms with Crippen LogP contribution in [0.2, 0.25) is 0 Å². The van der Waals surface area contributed by atoms with Gasteiger partial charge < -0.3 is 5.73 Å². The highest BCUT2D eigenvalue weighted by molar-refractivity contribution is 5.48. The van der Waals surface area contributed by atoms with Crippen LogP contribution in [0.3, 0.4) is 0 Å². The van der Waals surface area contributed by atoms with Gasteiger partial charge in [-0.1, -0.05) is 72.9 Å². The minimum absolute atomic E-state index is 0.464. The molecule has 0 heterocycles. The highest BCUT2D eigenvalue weighted by atomic mass is 14.7. The monoisotopic (exact) mass is 237 g/mol. The summed E-state index contributed by atoms with van der Waals surface area (Å²) >= 11 is 0. The molecular formula is C17H19N. The molecule has 18 heavy (non-hydrogen) atoms. The number of hydrogen-bond donors (Lipinski definition) is 1. The van der Waals surface area contributed by atoms with Gasteiger partial charge in [-0.05, 0) is 24.5 Å². The van der Waals surface area contributed by atoms with Crippen molar-refractivity contribution >= 4 is 0 Å². The van der Waals surface area contributed by atoms with E-state index in [0.29, 0.717) is 0 Å². The Balaban J connectivity index is 2.32. The molecule has 0 spiro atoms. The highest BCUT2D eigenvalue weighted by Gasteiger charge is 2.25. The van der Waals surface area contributed by atoms with Gasteiger partial charge in [-0.3, -0.25) is 0 Å². The maximum absolute atomic E-state index is 6.53. The Bertz CT molecular complexity index is 506. The van der Waals surface area contributed by atoms with Crippen LogP contribution in [0.4, 0.5) is 0 Å². The van der Waals surface area contributed by atoms with Crippen molar-refractivity contribution in [2.24, 2.45) is 5.73 Å². The Morgan fingerprint density at radius 3 is 2.44 bits per heavy atom. The zero-order valence-electron chi connectivity index (χ0n) is 10.7. The minimum atomic E-state index is -0.464. The molecule has 0 aromatic rings. The quantitative estimate of drug-likeness (QED) is 0.777. The normalized spacial score (nSPS) is 21.7. The lowest BCUT2D eigenvalue weighted by Crippen LogP contribution is -2.39. The molecule has 0 bridgehead atoms. The number of allylic oxidation sites excluding steroid dienone is 10. The molecule has 1 atom stereocenters. The molecule has 1 heteroatoms. The Hall–Kier alpha value is -1.86. The summed E-state index contributed by atoms with van der Waals surface area (Å²) in [5.74, 6) is 0. The first-order chi connectivity index (χ1) is 8.71. The number of rotatable bonds is 2. The molecule has 0 fully saturated rings. The summed E-state index contributed by atoms with van der Waals surface area (Å²) in [6.45, 7) is 2.06. The van der Waals surface area contributed by atoms with Crippen LogP contribution in [0.5, 0.6) is 0 Å². The van der Waals surface area contributed by atoms with Crippen molar-refractivity contribution in [2.75, 3.05) is 0 Å². The fourth-order valence-corrected chi connectivity index (χ4v) is 2.04. The van der Waals surface area contributed by atoms with Crippen LogP contribution >= 0.6 is 0 Å². The second-order valence-electron chi connectivity index (χ2n) is 4.64. The average Bonchev–Trinajstić information content (AvgIpc) is 2.56. The zero-order chi connectivity index (χ0) is 12.8. The van der Waals surface area contributed by atoms with Gasteiger partial charge in [0.05, 0.1) is 5.54 Å². The molecule has 2 N–H and O–H groups in total. The van der Waals surface area contributed by atoms with Gasteiger partial charge in [0.2, 0.25) is 0 Å². The summed E-state index contributed by atoms with van der Waals surface area (Å²) in [4.78, 5) is 0. The molecule has 2 aliphatic carbocycles. The topological polar surface area (TPSA) is 26.0 Å². The molecule has 0 radical (unpaired) electrons. The predicted molar refractivity (Wildman–Crippen MR) is 79.1 cm³/mol. The van der Waals surface area contributed by atoms with Crippen molar-refractivity contribution < 1.29 is 0 Å². The van der Waals surface area contributed by atoms with Crippen LogP contribution in [0.25, 0.3) is 0 Å². The summed E-state index contributed by atoms with van der Waals surface area (Å²) in [7, 11) is 0. The first-order valence-electron chi connectivity index (χ1n) is 6.26. The molecule has 0 aromatic carbocycles. The summed E-state index contributed by atoms with van der Waals surface area (Å²) in [6, 6.07) is 0. The third kappa shape index (κ3) is 2.88. The lowest BCUT2D eigenvalue weighted by Gasteiger charge is -2.28. The molecule has 0 amide bonds. The van der Waals surface area contributed by atoms with E-state index in [0.717, 1.165) is 17.6 Å². The van der Waals surface area contributed by atoms with E-state index < -0.39 is 5.54 Å². The fraction of sp³-hybridized carbons (Fsp3) is 0.176. The summed E-state index contributed by atoms with van der Waals surface area (Å²) < 4.78 is 0. The van der Waals surface area contributed by atoms with Gasteiger partial charge in [0.15, 0.2) is 0 Å². The molecule has 2 rings (SSSR count). The molecule has 0 aliphatic heterocycles. The van der Waals surface area contributed by atoms with Crippen molar-refractivity contribution in [3.8, 4) is 0 Å². The average molecular weight is 237 g/mol. The third-order valence-corrected chi connectivity index (χ3v) is 3.19. The minimum Gasteiger partial charge on any atom is -0.318 e. The second kappa shape index (κ2) is 5.65. The van der Waals surface area contributed by atoms with Gasteiger partial charge in [0.25, 0.3) is 0 Å². The van der Waals surface area contributed by atoms with Gasteiger partial charge in [-0.2, -0.15) is 0 Å². The molecule has 0 saturated carbocycles. The SMILES string of the molecule is CC(N)(C1=CC=CC=CC=C1)C1=CCC=CC=C1. The Kier molecular flexibility index (Phi) is 3.96. The van der Waals surface area contributed by atoms with E-state index >= 15 is 0 Å². The Labute approximate surface area is 109 Å². The molecule has 0 aromatic heterocycles. The molecular weight excluding hydrogens is 218 g/mol. The summed E-state index contributed by atoms with van der Waals surface area (Å²) in [5, 5.41) is 0. The molecule has 1 nitrogen and oxygen atoms in total. The first kappa shape index (κ1) is 12.6.